The Hall–Kier alpha value is -3.83. The van der Waals surface area contributed by atoms with Crippen LogP contribution in [0.2, 0.25) is 0 Å². The molecule has 4 rings (SSSR count). The van der Waals surface area contributed by atoms with E-state index in [2.05, 4.69) is 20.0 Å². The van der Waals surface area contributed by atoms with E-state index in [0.29, 0.717) is 5.84 Å². The van der Waals surface area contributed by atoms with Crippen LogP contribution < -0.4 is 0 Å². The monoisotopic (exact) mass is 563 g/mol. The van der Waals surface area contributed by atoms with Gasteiger partial charge in [-0.3, -0.25) is 4.98 Å². The van der Waals surface area contributed by atoms with E-state index >= 15 is 4.39 Å². The fourth-order valence-electron chi connectivity index (χ4n) is 4.42. The number of halogens is 9. The van der Waals surface area contributed by atoms with Gasteiger partial charge in [0.1, 0.15) is 5.84 Å². The summed E-state index contributed by atoms with van der Waals surface area (Å²) in [6.07, 6.45) is -9.38. The number of pyridine rings is 1. The lowest BCUT2D eigenvalue weighted by Crippen LogP contribution is -2.60. The summed E-state index contributed by atoms with van der Waals surface area (Å²) in [5.41, 5.74) is -9.56. The Morgan fingerprint density at radius 1 is 1.13 bits per heavy atom. The summed E-state index contributed by atoms with van der Waals surface area (Å²) >= 11 is 0. The minimum absolute atomic E-state index is 0.0197. The number of aliphatic imine (C=N–C) groups is 1. The third kappa shape index (κ3) is 4.87. The summed E-state index contributed by atoms with van der Waals surface area (Å²) in [5, 5.41) is 12.2. The Labute approximate surface area is 215 Å². The maximum absolute atomic E-state index is 15.4. The zero-order valence-electron chi connectivity index (χ0n) is 20.1. The molecule has 1 saturated heterocycles. The molecule has 2 aliphatic rings. The first kappa shape index (κ1) is 28.2. The van der Waals surface area contributed by atoms with Crippen LogP contribution in [-0.4, -0.2) is 40.7 Å². The van der Waals surface area contributed by atoms with Crippen LogP contribution in [0.15, 0.2) is 40.6 Å². The molecule has 2 aliphatic heterocycles. The van der Waals surface area contributed by atoms with Crippen LogP contribution in [0.1, 0.15) is 42.7 Å². The molecule has 39 heavy (non-hydrogen) atoms. The van der Waals surface area contributed by atoms with Crippen molar-refractivity contribution in [1.82, 2.24) is 9.88 Å². The molecule has 0 saturated carbocycles. The quantitative estimate of drug-likeness (QED) is 0.199. The van der Waals surface area contributed by atoms with Crippen LogP contribution in [-0.2, 0) is 22.3 Å². The molecule has 0 N–H and O–H groups in total. The van der Waals surface area contributed by atoms with Crippen LogP contribution in [0.25, 0.3) is 0 Å². The van der Waals surface area contributed by atoms with Crippen molar-refractivity contribution in [3.63, 3.8) is 0 Å². The SMILES string of the molecule is CC(C)/C(=N\C#N)N1CC(F)(c2ccc(C3=NOC(c4cc(F)c(F)c(C(F)(F)F)c4)(C(F)(F)F)C3)cn2)C1. The Morgan fingerprint density at radius 3 is 2.31 bits per heavy atom. The number of oxime groups is 1. The molecule has 0 amide bonds. The molecule has 15 heteroatoms. The predicted octanol–water partition coefficient (Wildman–Crippen LogP) is 5.98. The van der Waals surface area contributed by atoms with E-state index in [1.807, 2.05) is 0 Å². The van der Waals surface area contributed by atoms with Gasteiger partial charge in [-0.2, -0.15) is 36.6 Å². The summed E-state index contributed by atoms with van der Waals surface area (Å²) in [4.78, 5) is 13.8. The summed E-state index contributed by atoms with van der Waals surface area (Å²) < 4.78 is 125. The minimum Gasteiger partial charge on any atom is -0.374 e. The second-order valence-corrected chi connectivity index (χ2v) is 9.43. The predicted molar refractivity (Wildman–Crippen MR) is 118 cm³/mol. The maximum atomic E-state index is 15.4. The number of hydrogen-bond acceptors (Lipinski definition) is 5. The highest BCUT2D eigenvalue weighted by Gasteiger charge is 2.63. The molecule has 0 radical (unpaired) electrons. The molecular weight excluding hydrogens is 545 g/mol. The fourth-order valence-corrected chi connectivity index (χ4v) is 4.42. The molecule has 0 aliphatic carbocycles. The molecule has 1 unspecified atom stereocenters. The molecule has 2 aromatic rings. The highest BCUT2D eigenvalue weighted by Crippen LogP contribution is 2.50. The van der Waals surface area contributed by atoms with Gasteiger partial charge in [0.2, 0.25) is 6.19 Å². The van der Waals surface area contributed by atoms with Crippen molar-refractivity contribution in [2.24, 2.45) is 16.1 Å². The molecule has 0 bridgehead atoms. The zero-order chi connectivity index (χ0) is 29.0. The average molecular weight is 563 g/mol. The Morgan fingerprint density at radius 2 is 1.79 bits per heavy atom. The normalized spacial score (nSPS) is 21.4. The number of hydrogen-bond donors (Lipinski definition) is 0. The smallest absolute Gasteiger partial charge is 0.374 e. The average Bonchev–Trinajstić information content (AvgIpc) is 3.28. The van der Waals surface area contributed by atoms with Crippen LogP contribution in [0.4, 0.5) is 39.5 Å². The van der Waals surface area contributed by atoms with Crippen molar-refractivity contribution in [3.05, 3.63) is 64.5 Å². The second kappa shape index (κ2) is 9.42. The molecular formula is C24H18F9N5O. The Kier molecular flexibility index (Phi) is 6.81. The van der Waals surface area contributed by atoms with Gasteiger partial charge in [0.15, 0.2) is 17.3 Å². The molecule has 1 fully saturated rings. The van der Waals surface area contributed by atoms with Gasteiger partial charge in [0.05, 0.1) is 36.5 Å². The lowest BCUT2D eigenvalue weighted by Gasteiger charge is -2.46. The number of benzene rings is 1. The number of nitrogens with zero attached hydrogens (tertiary/aromatic N) is 5. The van der Waals surface area contributed by atoms with Crippen LogP contribution in [0.5, 0.6) is 0 Å². The number of rotatable bonds is 4. The van der Waals surface area contributed by atoms with Crippen molar-refractivity contribution in [1.29, 1.82) is 5.26 Å². The third-order valence-electron chi connectivity index (χ3n) is 6.43. The molecule has 6 nitrogen and oxygen atoms in total. The van der Waals surface area contributed by atoms with Gasteiger partial charge in [-0.05, 0) is 24.3 Å². The van der Waals surface area contributed by atoms with Gasteiger partial charge in [0, 0.05) is 23.2 Å². The minimum atomic E-state index is -5.48. The van der Waals surface area contributed by atoms with E-state index in [0.717, 1.165) is 6.20 Å². The lowest BCUT2D eigenvalue weighted by atomic mass is 9.85. The number of amidine groups is 1. The van der Waals surface area contributed by atoms with E-state index in [4.69, 9.17) is 5.26 Å². The second-order valence-electron chi connectivity index (χ2n) is 9.43. The van der Waals surface area contributed by atoms with Gasteiger partial charge in [0.25, 0.3) is 5.60 Å². The van der Waals surface area contributed by atoms with Gasteiger partial charge in [-0.1, -0.05) is 19.0 Å². The lowest BCUT2D eigenvalue weighted by molar-refractivity contribution is -0.276. The summed E-state index contributed by atoms with van der Waals surface area (Å²) in [5.74, 6) is -4.26. The van der Waals surface area contributed by atoms with Crippen molar-refractivity contribution in [2.75, 3.05) is 13.1 Å². The van der Waals surface area contributed by atoms with Gasteiger partial charge >= 0.3 is 12.4 Å². The van der Waals surface area contributed by atoms with Crippen LogP contribution >= 0.6 is 0 Å². The summed E-state index contributed by atoms with van der Waals surface area (Å²) in [7, 11) is 0. The summed E-state index contributed by atoms with van der Waals surface area (Å²) in [6, 6.07) is 2.23. The van der Waals surface area contributed by atoms with E-state index in [1.54, 1.807) is 24.9 Å². The van der Waals surface area contributed by atoms with E-state index in [-0.39, 0.29) is 42.4 Å². The van der Waals surface area contributed by atoms with E-state index < -0.39 is 58.5 Å². The zero-order valence-corrected chi connectivity index (χ0v) is 20.1. The van der Waals surface area contributed by atoms with Crippen LogP contribution in [0, 0.1) is 29.0 Å². The highest BCUT2D eigenvalue weighted by atomic mass is 19.4. The maximum Gasteiger partial charge on any atom is 0.435 e. The highest BCUT2D eigenvalue weighted by molar-refractivity contribution is 6.01. The van der Waals surface area contributed by atoms with Crippen LogP contribution in [0.3, 0.4) is 0 Å². The molecule has 1 aromatic heterocycles. The van der Waals surface area contributed by atoms with Gasteiger partial charge < -0.3 is 9.74 Å². The van der Waals surface area contributed by atoms with Gasteiger partial charge in [-0.25, -0.2) is 13.2 Å². The molecule has 0 spiro atoms. The van der Waals surface area contributed by atoms with E-state index in [9.17, 15) is 35.1 Å². The van der Waals surface area contributed by atoms with Gasteiger partial charge in [-0.15, -0.1) is 0 Å². The van der Waals surface area contributed by atoms with Crippen molar-refractivity contribution < 1.29 is 44.4 Å². The number of alkyl halides is 7. The third-order valence-corrected chi connectivity index (χ3v) is 6.43. The van der Waals surface area contributed by atoms with Crippen molar-refractivity contribution in [2.45, 2.75) is 43.9 Å². The number of likely N-dealkylation sites (tertiary alicyclic amines) is 1. The standard InChI is InChI=1S/C24H18F9N5O/c1-12(2)20(36-11-34)38-9-21(27,10-38)18-4-3-13(8-35-18)17-7-22(39-37-17,24(31,32)33)14-5-15(23(28,29)30)19(26)16(25)6-14/h3-6,8,12H,7,9-10H2,1-2H3/b36-20+. The molecule has 3 heterocycles. The fraction of sp³-hybridized carbons (Fsp3) is 0.417. The van der Waals surface area contributed by atoms with E-state index in [1.165, 1.54) is 12.1 Å². The number of nitriles is 1. The first-order chi connectivity index (χ1) is 18.0. The first-order valence-electron chi connectivity index (χ1n) is 11.3. The molecule has 1 aromatic carbocycles. The van der Waals surface area contributed by atoms with Crippen molar-refractivity contribution >= 4 is 11.5 Å². The topological polar surface area (TPSA) is 73.9 Å². The first-order valence-corrected chi connectivity index (χ1v) is 11.3. The Bertz CT molecular complexity index is 1370. The number of aromatic nitrogens is 1. The van der Waals surface area contributed by atoms with Crippen molar-refractivity contribution in [3.8, 4) is 6.19 Å². The Balaban J connectivity index is 1.59. The largest absolute Gasteiger partial charge is 0.435 e. The molecule has 1 atom stereocenters. The molecule has 208 valence electrons. The summed E-state index contributed by atoms with van der Waals surface area (Å²) in [6.45, 7) is 3.21.